The number of methoxy groups -OCH3 is 1. The first-order valence-corrected chi connectivity index (χ1v) is 6.13. The van der Waals surface area contributed by atoms with Crippen molar-refractivity contribution in [2.24, 2.45) is 0 Å². The second-order valence-electron chi connectivity index (χ2n) is 3.73. The zero-order chi connectivity index (χ0) is 14.4. The highest BCUT2D eigenvalue weighted by Crippen LogP contribution is 2.24. The lowest BCUT2D eigenvalue weighted by molar-refractivity contribution is -0.112. The topological polar surface area (TPSA) is 82.4 Å². The Morgan fingerprint density at radius 1 is 1.53 bits per heavy atom. The van der Waals surface area contributed by atoms with E-state index in [1.165, 1.54) is 24.6 Å². The second-order valence-corrected chi connectivity index (χ2v) is 4.64. The first-order chi connectivity index (χ1) is 8.99. The second kappa shape index (κ2) is 6.56. The molecule has 0 aliphatic carbocycles. The third kappa shape index (κ3) is 3.82. The van der Waals surface area contributed by atoms with E-state index in [1.54, 1.807) is 36.5 Å². The Morgan fingerprint density at radius 3 is 2.74 bits per heavy atom. The molecule has 0 saturated carbocycles. The van der Waals surface area contributed by atoms with E-state index in [4.69, 9.17) is 5.26 Å². The fraction of sp³-hybridized carbons (Fsp3) is 0.250. The summed E-state index contributed by atoms with van der Waals surface area (Å²) in [6.07, 6.45) is 1.40. The third-order valence-electron chi connectivity index (χ3n) is 2.05. The fourth-order valence-electron chi connectivity index (χ4n) is 1.24. The maximum absolute atomic E-state index is 11.9. The fourth-order valence-corrected chi connectivity index (χ4v) is 2.01. The lowest BCUT2D eigenvalue weighted by Gasteiger charge is -2.07. The van der Waals surface area contributed by atoms with Gasteiger partial charge in [0.15, 0.2) is 0 Å². The molecule has 1 amide bonds. The third-order valence-corrected chi connectivity index (χ3v) is 2.88. The molecule has 0 radical (unpaired) electrons. The normalized spacial score (nSPS) is 10.5. The van der Waals surface area contributed by atoms with Crippen LogP contribution >= 0.6 is 11.3 Å². The maximum Gasteiger partial charge on any atom is 0.340 e. The molecule has 0 bridgehead atoms. The van der Waals surface area contributed by atoms with Gasteiger partial charge in [-0.3, -0.25) is 4.79 Å². The molecule has 0 aliphatic heterocycles. The summed E-state index contributed by atoms with van der Waals surface area (Å²) in [5, 5.41) is 13.4. The van der Waals surface area contributed by atoms with Crippen LogP contribution in [0.1, 0.15) is 10.4 Å². The summed E-state index contributed by atoms with van der Waals surface area (Å²) in [4.78, 5) is 24.9. The van der Waals surface area contributed by atoms with Gasteiger partial charge in [-0.15, -0.1) is 11.3 Å². The number of carbonyl (C=O) groups excluding carboxylic acids is 2. The van der Waals surface area contributed by atoms with Crippen LogP contribution in [0.25, 0.3) is 0 Å². The van der Waals surface area contributed by atoms with Crippen molar-refractivity contribution in [2.75, 3.05) is 26.5 Å². The number of hydrogen-bond acceptors (Lipinski definition) is 6. The number of thiophene rings is 1. The van der Waals surface area contributed by atoms with Gasteiger partial charge in [0.1, 0.15) is 16.6 Å². The van der Waals surface area contributed by atoms with E-state index in [9.17, 15) is 9.59 Å². The predicted molar refractivity (Wildman–Crippen MR) is 71.7 cm³/mol. The number of esters is 1. The molecule has 0 saturated heterocycles. The van der Waals surface area contributed by atoms with Crippen molar-refractivity contribution in [3.8, 4) is 6.07 Å². The van der Waals surface area contributed by atoms with E-state index in [1.807, 2.05) is 0 Å². The number of hydrogen-bond donors (Lipinski definition) is 1. The molecule has 1 heterocycles. The predicted octanol–water partition coefficient (Wildman–Crippen LogP) is 1.44. The minimum Gasteiger partial charge on any atom is -0.465 e. The molecule has 19 heavy (non-hydrogen) atoms. The quantitative estimate of drug-likeness (QED) is 0.512. The van der Waals surface area contributed by atoms with Gasteiger partial charge in [0.05, 0.1) is 12.7 Å². The van der Waals surface area contributed by atoms with Crippen LogP contribution in [0.15, 0.2) is 23.2 Å². The molecule has 6 nitrogen and oxygen atoms in total. The zero-order valence-electron chi connectivity index (χ0n) is 10.8. The van der Waals surface area contributed by atoms with E-state index in [0.29, 0.717) is 5.00 Å². The van der Waals surface area contributed by atoms with Gasteiger partial charge >= 0.3 is 5.97 Å². The molecule has 0 aromatic carbocycles. The smallest absolute Gasteiger partial charge is 0.340 e. The van der Waals surface area contributed by atoms with Crippen LogP contribution in [0, 0.1) is 11.3 Å². The minimum absolute atomic E-state index is 0.0470. The van der Waals surface area contributed by atoms with Crippen LogP contribution in [0.5, 0.6) is 0 Å². The Labute approximate surface area is 114 Å². The molecular formula is C12H13N3O3S. The highest BCUT2D eigenvalue weighted by molar-refractivity contribution is 7.14. The van der Waals surface area contributed by atoms with E-state index in [-0.39, 0.29) is 11.1 Å². The van der Waals surface area contributed by atoms with Crippen molar-refractivity contribution >= 4 is 28.2 Å². The monoisotopic (exact) mass is 279 g/mol. The van der Waals surface area contributed by atoms with Gasteiger partial charge in [-0.05, 0) is 11.4 Å². The molecule has 0 aliphatic rings. The molecule has 1 N–H and O–H groups in total. The molecule has 0 atom stereocenters. The summed E-state index contributed by atoms with van der Waals surface area (Å²) in [6, 6.07) is 3.35. The van der Waals surface area contributed by atoms with Crippen molar-refractivity contribution in [2.45, 2.75) is 0 Å². The van der Waals surface area contributed by atoms with Gasteiger partial charge in [0, 0.05) is 20.3 Å². The molecule has 1 aromatic heterocycles. The first kappa shape index (κ1) is 14.7. The van der Waals surface area contributed by atoms with E-state index >= 15 is 0 Å². The average molecular weight is 279 g/mol. The molecular weight excluding hydrogens is 266 g/mol. The van der Waals surface area contributed by atoms with E-state index in [2.05, 4.69) is 10.1 Å². The highest BCUT2D eigenvalue weighted by Gasteiger charge is 2.17. The largest absolute Gasteiger partial charge is 0.465 e. The van der Waals surface area contributed by atoms with Crippen molar-refractivity contribution in [3.63, 3.8) is 0 Å². The molecule has 1 rings (SSSR count). The van der Waals surface area contributed by atoms with Crippen LogP contribution in [0.2, 0.25) is 0 Å². The van der Waals surface area contributed by atoms with Crippen molar-refractivity contribution in [3.05, 3.63) is 28.8 Å². The summed E-state index contributed by atoms with van der Waals surface area (Å²) in [6.45, 7) is 0. The Bertz CT molecular complexity index is 555. The Morgan fingerprint density at radius 2 is 2.21 bits per heavy atom. The van der Waals surface area contributed by atoms with Gasteiger partial charge in [-0.25, -0.2) is 4.79 Å². The van der Waals surface area contributed by atoms with E-state index < -0.39 is 11.9 Å². The lowest BCUT2D eigenvalue weighted by atomic mass is 10.2. The SMILES string of the molecule is COC(=O)c1ccsc1NC(=O)C(C#N)=CN(C)C. The van der Waals surface area contributed by atoms with Gasteiger partial charge in [-0.1, -0.05) is 0 Å². The molecule has 0 spiro atoms. The molecule has 7 heteroatoms. The summed E-state index contributed by atoms with van der Waals surface area (Å²) >= 11 is 1.19. The van der Waals surface area contributed by atoms with Crippen LogP contribution in [-0.4, -0.2) is 38.0 Å². The molecule has 100 valence electrons. The van der Waals surface area contributed by atoms with E-state index in [0.717, 1.165) is 0 Å². The van der Waals surface area contributed by atoms with Crippen LogP contribution in [0.3, 0.4) is 0 Å². The maximum atomic E-state index is 11.9. The first-order valence-electron chi connectivity index (χ1n) is 5.25. The van der Waals surface area contributed by atoms with Crippen molar-refractivity contribution in [1.29, 1.82) is 5.26 Å². The number of nitrogens with one attached hydrogen (secondary N) is 1. The van der Waals surface area contributed by atoms with Crippen molar-refractivity contribution < 1.29 is 14.3 Å². The average Bonchev–Trinajstić information content (AvgIpc) is 2.82. The Hall–Kier alpha value is -2.33. The number of nitriles is 1. The van der Waals surface area contributed by atoms with Gasteiger partial charge in [-0.2, -0.15) is 5.26 Å². The number of nitrogens with zero attached hydrogens (tertiary/aromatic N) is 2. The van der Waals surface area contributed by atoms with Crippen molar-refractivity contribution in [1.82, 2.24) is 4.90 Å². The Kier molecular flexibility index (Phi) is 5.09. The molecule has 1 aromatic rings. The number of carbonyl (C=O) groups is 2. The number of anilines is 1. The standard InChI is InChI=1S/C12H13N3O3S/c1-15(2)7-8(6-13)10(16)14-11-9(4-5-19-11)12(17)18-3/h4-5,7H,1-3H3,(H,14,16). The number of amides is 1. The summed E-state index contributed by atoms with van der Waals surface area (Å²) < 4.78 is 4.60. The van der Waals surface area contributed by atoms with Crippen LogP contribution < -0.4 is 5.32 Å². The Balaban J connectivity index is 2.92. The highest BCUT2D eigenvalue weighted by atomic mass is 32.1. The van der Waals surface area contributed by atoms with Crippen LogP contribution in [0.4, 0.5) is 5.00 Å². The van der Waals surface area contributed by atoms with Crippen LogP contribution in [-0.2, 0) is 9.53 Å². The number of ether oxygens (including phenoxy) is 1. The summed E-state index contributed by atoms with van der Waals surface area (Å²) in [5.41, 5.74) is 0.220. The van der Waals surface area contributed by atoms with Gasteiger partial charge < -0.3 is 15.0 Å². The zero-order valence-corrected chi connectivity index (χ0v) is 11.6. The summed E-state index contributed by atoms with van der Waals surface area (Å²) in [7, 11) is 4.67. The molecule has 0 fully saturated rings. The van der Waals surface area contributed by atoms with Gasteiger partial charge in [0.2, 0.25) is 0 Å². The molecule has 0 unspecified atom stereocenters. The summed E-state index contributed by atoms with van der Waals surface area (Å²) in [5.74, 6) is -1.10. The van der Waals surface area contributed by atoms with Gasteiger partial charge in [0.25, 0.3) is 5.91 Å². The minimum atomic E-state index is -0.566. The number of rotatable bonds is 4. The lowest BCUT2D eigenvalue weighted by Crippen LogP contribution is -2.17.